The molecule has 2 aliphatic rings. The molecule has 2 aliphatic heterocycles. The molecule has 7 nitrogen and oxygen atoms in total. The lowest BCUT2D eigenvalue weighted by molar-refractivity contribution is 0.0391. The van der Waals surface area contributed by atoms with Gasteiger partial charge in [-0.05, 0) is 11.6 Å². The Morgan fingerprint density at radius 3 is 2.36 bits per heavy atom. The molecule has 1 aromatic carbocycles. The monoisotopic (exact) mass is 346 g/mol. The topological polar surface area (TPSA) is 84.0 Å². The Morgan fingerprint density at radius 1 is 1.09 bits per heavy atom. The summed E-state index contributed by atoms with van der Waals surface area (Å²) in [5.74, 6) is 0. The van der Waals surface area contributed by atoms with Crippen molar-refractivity contribution < 1.29 is 21.6 Å². The highest BCUT2D eigenvalue weighted by Gasteiger charge is 2.39. The maximum absolute atomic E-state index is 12.6. The van der Waals surface area contributed by atoms with Gasteiger partial charge in [0.05, 0.1) is 25.2 Å². The van der Waals surface area contributed by atoms with E-state index in [0.717, 1.165) is 6.26 Å². The zero-order valence-electron chi connectivity index (χ0n) is 12.2. The number of para-hydroxylation sites is 1. The van der Waals surface area contributed by atoms with Gasteiger partial charge in [0.15, 0.2) is 0 Å². The zero-order chi connectivity index (χ0) is 16.0. The van der Waals surface area contributed by atoms with Crippen molar-refractivity contribution in [2.45, 2.75) is 11.8 Å². The Morgan fingerprint density at radius 2 is 1.77 bits per heavy atom. The van der Waals surface area contributed by atoms with Crippen molar-refractivity contribution in [3.05, 3.63) is 29.8 Å². The van der Waals surface area contributed by atoms with Crippen molar-refractivity contribution in [2.75, 3.05) is 36.9 Å². The number of fused-ring (bicyclic) bond motifs is 1. The van der Waals surface area contributed by atoms with Crippen LogP contribution in [0.3, 0.4) is 0 Å². The molecule has 0 amide bonds. The number of benzene rings is 1. The molecule has 0 spiro atoms. The third-order valence-corrected chi connectivity index (χ3v) is 7.27. The molecule has 22 heavy (non-hydrogen) atoms. The van der Waals surface area contributed by atoms with Crippen LogP contribution in [-0.4, -0.2) is 58.9 Å². The minimum atomic E-state index is -3.47. The van der Waals surface area contributed by atoms with Gasteiger partial charge < -0.3 is 4.74 Å². The molecule has 1 fully saturated rings. The normalized spacial score (nSPS) is 21.0. The number of sulfonamides is 2. The highest BCUT2D eigenvalue weighted by atomic mass is 32.2. The fourth-order valence-corrected chi connectivity index (χ4v) is 5.20. The van der Waals surface area contributed by atoms with Crippen LogP contribution in [0.2, 0.25) is 0 Å². The maximum atomic E-state index is 12.6. The summed E-state index contributed by atoms with van der Waals surface area (Å²) >= 11 is 0. The molecule has 1 aromatic rings. The molecule has 0 bridgehead atoms. The van der Waals surface area contributed by atoms with E-state index in [4.69, 9.17) is 4.74 Å². The Bertz CT molecular complexity index is 771. The zero-order valence-corrected chi connectivity index (χ0v) is 13.8. The van der Waals surface area contributed by atoms with Gasteiger partial charge in [-0.2, -0.15) is 4.31 Å². The Kier molecular flexibility index (Phi) is 3.92. The molecule has 0 saturated carbocycles. The molecule has 0 aromatic heterocycles. The third kappa shape index (κ3) is 2.73. The number of rotatable bonds is 3. The van der Waals surface area contributed by atoms with E-state index in [1.54, 1.807) is 24.3 Å². The summed E-state index contributed by atoms with van der Waals surface area (Å²) in [6.07, 6.45) is 1.13. The minimum Gasteiger partial charge on any atom is -0.378 e. The average Bonchev–Trinajstić information content (AvgIpc) is 2.54. The summed E-state index contributed by atoms with van der Waals surface area (Å²) in [6, 6.07) is 7.00. The predicted molar refractivity (Wildman–Crippen MR) is 82.6 cm³/mol. The molecule has 0 N–H and O–H groups in total. The van der Waals surface area contributed by atoms with Gasteiger partial charge in [0.2, 0.25) is 20.0 Å². The summed E-state index contributed by atoms with van der Waals surface area (Å²) in [6.45, 7) is 0.844. The van der Waals surface area contributed by atoms with Gasteiger partial charge in [-0.1, -0.05) is 18.2 Å². The van der Waals surface area contributed by atoms with Crippen LogP contribution >= 0.6 is 0 Å². The molecular formula is C13H18N2O5S2. The molecule has 0 aliphatic carbocycles. The van der Waals surface area contributed by atoms with Crippen molar-refractivity contribution in [3.63, 3.8) is 0 Å². The lowest BCUT2D eigenvalue weighted by Crippen LogP contribution is -2.49. The molecule has 9 heteroatoms. The van der Waals surface area contributed by atoms with Crippen LogP contribution in [0, 0.1) is 0 Å². The largest absolute Gasteiger partial charge is 0.378 e. The SMILES string of the molecule is CS(=O)(=O)N1CCN(S(=O)(=O)C2COC2)Cc2ccccc21. The van der Waals surface area contributed by atoms with Crippen molar-refractivity contribution in [3.8, 4) is 0 Å². The van der Waals surface area contributed by atoms with Crippen molar-refractivity contribution >= 4 is 25.7 Å². The van der Waals surface area contributed by atoms with Crippen molar-refractivity contribution in [1.82, 2.24) is 4.31 Å². The van der Waals surface area contributed by atoms with E-state index in [0.29, 0.717) is 11.3 Å². The van der Waals surface area contributed by atoms with Gasteiger partial charge >= 0.3 is 0 Å². The highest BCUT2D eigenvalue weighted by molar-refractivity contribution is 7.92. The smallest absolute Gasteiger partial charge is 0.232 e. The van der Waals surface area contributed by atoms with Crippen LogP contribution in [0.15, 0.2) is 24.3 Å². The summed E-state index contributed by atoms with van der Waals surface area (Å²) in [7, 11) is -6.93. The van der Waals surface area contributed by atoms with Crippen LogP contribution in [0.25, 0.3) is 0 Å². The maximum Gasteiger partial charge on any atom is 0.232 e. The lowest BCUT2D eigenvalue weighted by atomic mass is 10.2. The Labute approximate surface area is 130 Å². The number of nitrogens with zero attached hydrogens (tertiary/aromatic N) is 2. The molecule has 0 atom stereocenters. The number of anilines is 1. The number of hydrogen-bond acceptors (Lipinski definition) is 5. The lowest BCUT2D eigenvalue weighted by Gasteiger charge is -2.31. The van der Waals surface area contributed by atoms with Crippen molar-refractivity contribution in [2.24, 2.45) is 0 Å². The highest BCUT2D eigenvalue weighted by Crippen LogP contribution is 2.29. The average molecular weight is 346 g/mol. The summed E-state index contributed by atoms with van der Waals surface area (Å²) in [5, 5.41) is -0.524. The second-order valence-electron chi connectivity index (χ2n) is 5.50. The first-order chi connectivity index (χ1) is 10.3. The van der Waals surface area contributed by atoms with E-state index in [-0.39, 0.29) is 32.8 Å². The van der Waals surface area contributed by atoms with Crippen LogP contribution in [0.5, 0.6) is 0 Å². The van der Waals surface area contributed by atoms with Gasteiger partial charge in [-0.25, -0.2) is 16.8 Å². The fourth-order valence-electron chi connectivity index (χ4n) is 2.64. The molecule has 1 saturated heterocycles. The van der Waals surface area contributed by atoms with Gasteiger partial charge in [0, 0.05) is 19.6 Å². The van der Waals surface area contributed by atoms with Gasteiger partial charge in [-0.15, -0.1) is 0 Å². The molecule has 3 rings (SSSR count). The van der Waals surface area contributed by atoms with E-state index in [2.05, 4.69) is 0 Å². The molecule has 0 radical (unpaired) electrons. The van der Waals surface area contributed by atoms with Crippen LogP contribution in [0.4, 0.5) is 5.69 Å². The molecule has 0 unspecified atom stereocenters. The standard InChI is InChI=1S/C13H18N2O5S2/c1-21(16,17)15-7-6-14(22(18,19)12-9-20-10-12)8-11-4-2-3-5-13(11)15/h2-5,12H,6-10H2,1H3. The van der Waals surface area contributed by atoms with E-state index >= 15 is 0 Å². The summed E-state index contributed by atoms with van der Waals surface area (Å²) < 4.78 is 56.7. The number of hydrogen-bond donors (Lipinski definition) is 0. The van der Waals surface area contributed by atoms with Gasteiger partial charge in [0.1, 0.15) is 5.25 Å². The van der Waals surface area contributed by atoms with Crippen molar-refractivity contribution in [1.29, 1.82) is 0 Å². The van der Waals surface area contributed by atoms with E-state index in [9.17, 15) is 16.8 Å². The van der Waals surface area contributed by atoms with Gasteiger partial charge in [0.25, 0.3) is 0 Å². The summed E-state index contributed by atoms with van der Waals surface area (Å²) in [4.78, 5) is 0. The van der Waals surface area contributed by atoms with Crippen LogP contribution in [0.1, 0.15) is 5.56 Å². The molecule has 2 heterocycles. The quantitative estimate of drug-likeness (QED) is 0.769. The molecular weight excluding hydrogens is 328 g/mol. The fraction of sp³-hybridized carbons (Fsp3) is 0.538. The minimum absolute atomic E-state index is 0.114. The van der Waals surface area contributed by atoms with E-state index in [1.165, 1.54) is 8.61 Å². The predicted octanol–water partition coefficient (Wildman–Crippen LogP) is -0.00320. The first-order valence-corrected chi connectivity index (χ1v) is 10.3. The van der Waals surface area contributed by atoms with E-state index in [1.807, 2.05) is 0 Å². The van der Waals surface area contributed by atoms with Gasteiger partial charge in [-0.3, -0.25) is 4.31 Å². The third-order valence-electron chi connectivity index (χ3n) is 3.95. The van der Waals surface area contributed by atoms with Crippen LogP contribution < -0.4 is 4.31 Å². The first-order valence-electron chi connectivity index (χ1n) is 6.92. The summed E-state index contributed by atoms with van der Waals surface area (Å²) in [5.41, 5.74) is 1.24. The number of ether oxygens (including phenoxy) is 1. The Balaban J connectivity index is 1.99. The first kappa shape index (κ1) is 15.7. The second kappa shape index (κ2) is 5.48. The van der Waals surface area contributed by atoms with E-state index < -0.39 is 25.3 Å². The Hall–Kier alpha value is -1.16. The van der Waals surface area contributed by atoms with Crippen LogP contribution in [-0.2, 0) is 31.3 Å². The second-order valence-corrected chi connectivity index (χ2v) is 9.62. The molecule has 122 valence electrons.